The van der Waals surface area contributed by atoms with Gasteiger partial charge in [-0.3, -0.25) is 10.1 Å². The van der Waals surface area contributed by atoms with E-state index in [0.717, 1.165) is 5.56 Å². The molecule has 0 saturated carbocycles. The molecule has 0 aliphatic rings. The second kappa shape index (κ2) is 5.56. The van der Waals surface area contributed by atoms with Crippen LogP contribution in [0.25, 0.3) is 12.2 Å². The minimum absolute atomic E-state index is 0.0383. The van der Waals surface area contributed by atoms with Crippen molar-refractivity contribution in [1.29, 1.82) is 5.26 Å². The van der Waals surface area contributed by atoms with E-state index in [2.05, 4.69) is 11.1 Å². The number of benzene rings is 1. The summed E-state index contributed by atoms with van der Waals surface area (Å²) in [5.41, 5.74) is 2.04. The van der Waals surface area contributed by atoms with Gasteiger partial charge >= 0.3 is 0 Å². The minimum Gasteiger partial charge on any atom is -0.258 e. The van der Waals surface area contributed by atoms with Gasteiger partial charge in [-0.25, -0.2) is 4.98 Å². The molecular weight excluding hydrogens is 242 g/mol. The molecule has 0 N–H and O–H groups in total. The normalized spacial score (nSPS) is 10.3. The summed E-state index contributed by atoms with van der Waals surface area (Å²) in [5, 5.41) is 19.3. The quantitative estimate of drug-likeness (QED) is 0.620. The largest absolute Gasteiger partial charge is 0.287 e. The molecular formula is C14H9N3O2. The predicted octanol–water partition coefficient (Wildman–Crippen LogP) is 3.03. The van der Waals surface area contributed by atoms with E-state index in [1.807, 2.05) is 6.07 Å². The first kappa shape index (κ1) is 12.5. The Morgan fingerprint density at radius 2 is 2.11 bits per heavy atom. The Kier molecular flexibility index (Phi) is 3.64. The van der Waals surface area contributed by atoms with Crippen LogP contribution in [0.3, 0.4) is 0 Å². The highest BCUT2D eigenvalue weighted by atomic mass is 16.6. The molecule has 92 valence electrons. The highest BCUT2D eigenvalue weighted by Gasteiger charge is 2.03. The Bertz CT molecular complexity index is 670. The van der Waals surface area contributed by atoms with Gasteiger partial charge in [-0.15, -0.1) is 0 Å². The summed E-state index contributed by atoms with van der Waals surface area (Å²) < 4.78 is 0. The van der Waals surface area contributed by atoms with Gasteiger partial charge in [-0.1, -0.05) is 18.2 Å². The van der Waals surface area contributed by atoms with Crippen molar-refractivity contribution in [1.82, 2.24) is 4.98 Å². The summed E-state index contributed by atoms with van der Waals surface area (Å²) in [7, 11) is 0. The molecule has 0 aliphatic heterocycles. The number of nitro groups is 1. The van der Waals surface area contributed by atoms with E-state index in [0.29, 0.717) is 11.3 Å². The SMILES string of the molecule is N#Cc1cccc(/C=C/c2ccc([N+](=O)[O-])cn2)c1. The first-order valence-electron chi connectivity index (χ1n) is 5.48. The number of nitrogens with zero attached hydrogens (tertiary/aromatic N) is 3. The Balaban J connectivity index is 2.18. The second-order valence-corrected chi connectivity index (χ2v) is 3.77. The van der Waals surface area contributed by atoms with Gasteiger partial charge in [0.15, 0.2) is 0 Å². The van der Waals surface area contributed by atoms with Crippen molar-refractivity contribution in [3.8, 4) is 6.07 Å². The third-order valence-corrected chi connectivity index (χ3v) is 2.44. The predicted molar refractivity (Wildman–Crippen MR) is 71.0 cm³/mol. The zero-order valence-electron chi connectivity index (χ0n) is 9.85. The Morgan fingerprint density at radius 1 is 1.26 bits per heavy atom. The van der Waals surface area contributed by atoms with E-state index in [1.54, 1.807) is 36.4 Å². The van der Waals surface area contributed by atoms with Gasteiger partial charge in [0.05, 0.1) is 22.2 Å². The molecule has 5 nitrogen and oxygen atoms in total. The molecule has 1 aromatic heterocycles. The van der Waals surface area contributed by atoms with Crippen molar-refractivity contribution in [3.05, 3.63) is 69.5 Å². The number of nitriles is 1. The summed E-state index contributed by atoms with van der Waals surface area (Å²) >= 11 is 0. The van der Waals surface area contributed by atoms with Crippen LogP contribution in [0.2, 0.25) is 0 Å². The third-order valence-electron chi connectivity index (χ3n) is 2.44. The average Bonchev–Trinajstić information content (AvgIpc) is 2.46. The molecule has 0 saturated heterocycles. The van der Waals surface area contributed by atoms with Crippen LogP contribution in [0.5, 0.6) is 0 Å². The van der Waals surface area contributed by atoms with Crippen LogP contribution in [-0.2, 0) is 0 Å². The lowest BCUT2D eigenvalue weighted by molar-refractivity contribution is -0.385. The van der Waals surface area contributed by atoms with Gasteiger partial charge in [0.2, 0.25) is 0 Å². The van der Waals surface area contributed by atoms with Crippen LogP contribution in [-0.4, -0.2) is 9.91 Å². The molecule has 1 heterocycles. The molecule has 2 aromatic rings. The number of pyridine rings is 1. The molecule has 1 aromatic carbocycles. The smallest absolute Gasteiger partial charge is 0.258 e. The van der Waals surface area contributed by atoms with E-state index >= 15 is 0 Å². The lowest BCUT2D eigenvalue weighted by atomic mass is 10.1. The monoisotopic (exact) mass is 251 g/mol. The average molecular weight is 251 g/mol. The standard InChI is InChI=1S/C14H9N3O2/c15-9-12-3-1-2-11(8-12)4-5-13-6-7-14(10-16-13)17(18)19/h1-8,10H/b5-4+. The van der Waals surface area contributed by atoms with E-state index < -0.39 is 4.92 Å². The topological polar surface area (TPSA) is 79.8 Å². The van der Waals surface area contributed by atoms with Gasteiger partial charge in [0, 0.05) is 6.07 Å². The van der Waals surface area contributed by atoms with Crippen LogP contribution < -0.4 is 0 Å². The van der Waals surface area contributed by atoms with Crippen LogP contribution in [0.1, 0.15) is 16.8 Å². The van der Waals surface area contributed by atoms with Gasteiger partial charge < -0.3 is 0 Å². The summed E-state index contributed by atoms with van der Waals surface area (Å²) in [5.74, 6) is 0. The summed E-state index contributed by atoms with van der Waals surface area (Å²) in [4.78, 5) is 14.0. The van der Waals surface area contributed by atoms with Crippen LogP contribution in [0.15, 0.2) is 42.6 Å². The van der Waals surface area contributed by atoms with Gasteiger partial charge in [0.1, 0.15) is 6.20 Å². The van der Waals surface area contributed by atoms with Crippen LogP contribution >= 0.6 is 0 Å². The first-order valence-corrected chi connectivity index (χ1v) is 5.48. The summed E-state index contributed by atoms with van der Waals surface area (Å²) in [6.07, 6.45) is 4.75. The molecule has 0 spiro atoms. The van der Waals surface area contributed by atoms with Gasteiger partial charge in [-0.2, -0.15) is 5.26 Å². The van der Waals surface area contributed by atoms with E-state index in [-0.39, 0.29) is 5.69 Å². The maximum absolute atomic E-state index is 10.5. The van der Waals surface area contributed by atoms with Crippen molar-refractivity contribution in [2.75, 3.05) is 0 Å². The zero-order valence-corrected chi connectivity index (χ0v) is 9.85. The molecule has 19 heavy (non-hydrogen) atoms. The molecule has 5 heteroatoms. The van der Waals surface area contributed by atoms with E-state index in [1.165, 1.54) is 12.3 Å². The third kappa shape index (κ3) is 3.23. The highest BCUT2D eigenvalue weighted by molar-refractivity contribution is 5.68. The maximum atomic E-state index is 10.5. The van der Waals surface area contributed by atoms with Crippen molar-refractivity contribution < 1.29 is 4.92 Å². The van der Waals surface area contributed by atoms with Gasteiger partial charge in [-0.05, 0) is 29.8 Å². The molecule has 0 amide bonds. The molecule has 0 aliphatic carbocycles. The van der Waals surface area contributed by atoms with Crippen molar-refractivity contribution in [2.24, 2.45) is 0 Å². The second-order valence-electron chi connectivity index (χ2n) is 3.77. The number of aromatic nitrogens is 1. The van der Waals surface area contributed by atoms with E-state index in [4.69, 9.17) is 5.26 Å². The molecule has 0 fully saturated rings. The fourth-order valence-corrected chi connectivity index (χ4v) is 1.50. The fraction of sp³-hybridized carbons (Fsp3) is 0. The van der Waals surface area contributed by atoms with Crippen molar-refractivity contribution in [3.63, 3.8) is 0 Å². The zero-order chi connectivity index (χ0) is 13.7. The Labute approximate surface area is 109 Å². The van der Waals surface area contributed by atoms with Crippen LogP contribution in [0.4, 0.5) is 5.69 Å². The summed E-state index contributed by atoms with van der Waals surface area (Å²) in [6, 6.07) is 12.2. The van der Waals surface area contributed by atoms with Crippen molar-refractivity contribution in [2.45, 2.75) is 0 Å². The Morgan fingerprint density at radius 3 is 2.74 bits per heavy atom. The lowest BCUT2D eigenvalue weighted by Crippen LogP contribution is -1.89. The maximum Gasteiger partial charge on any atom is 0.287 e. The molecule has 2 rings (SSSR count). The van der Waals surface area contributed by atoms with Gasteiger partial charge in [0.25, 0.3) is 5.69 Å². The molecule has 0 atom stereocenters. The van der Waals surface area contributed by atoms with Crippen molar-refractivity contribution >= 4 is 17.8 Å². The first-order chi connectivity index (χ1) is 9.19. The Hall–Kier alpha value is -3.00. The fourth-order valence-electron chi connectivity index (χ4n) is 1.50. The number of hydrogen-bond donors (Lipinski definition) is 0. The number of rotatable bonds is 3. The van der Waals surface area contributed by atoms with E-state index in [9.17, 15) is 10.1 Å². The number of hydrogen-bond acceptors (Lipinski definition) is 4. The summed E-state index contributed by atoms with van der Waals surface area (Å²) in [6.45, 7) is 0. The minimum atomic E-state index is -0.489. The molecule has 0 radical (unpaired) electrons. The van der Waals surface area contributed by atoms with Crippen LogP contribution in [0, 0.1) is 21.4 Å². The highest BCUT2D eigenvalue weighted by Crippen LogP contribution is 2.12. The lowest BCUT2D eigenvalue weighted by Gasteiger charge is -1.95. The molecule has 0 unspecified atom stereocenters. The molecule has 0 bridgehead atoms.